The fourth-order valence-corrected chi connectivity index (χ4v) is 0.970. The number of nitrogens with two attached hydrogens (primary N) is 2. The number of hydrogen-bond donors (Lipinski definition) is 4. The molecule has 0 spiro atoms. The Morgan fingerprint density at radius 3 is 2.44 bits per heavy atom. The van der Waals surface area contributed by atoms with E-state index >= 15 is 0 Å². The molecule has 7 heteroatoms. The third-order valence-corrected chi connectivity index (χ3v) is 2.02. The molecule has 0 saturated carbocycles. The van der Waals surface area contributed by atoms with Crippen molar-refractivity contribution in [2.75, 3.05) is 0 Å². The van der Waals surface area contributed by atoms with Gasteiger partial charge in [-0.25, -0.2) is 0 Å². The second kappa shape index (κ2) is 6.91. The van der Waals surface area contributed by atoms with E-state index in [2.05, 4.69) is 5.32 Å². The number of rotatable bonds is 7. The molecule has 0 bridgehead atoms. The highest BCUT2D eigenvalue weighted by Crippen LogP contribution is 1.96. The number of hydrogen-bond acceptors (Lipinski definition) is 5. The van der Waals surface area contributed by atoms with E-state index in [1.54, 1.807) is 0 Å². The molecule has 6 N–H and O–H groups in total. The minimum atomic E-state index is -1.10. The van der Waals surface area contributed by atoms with Crippen LogP contribution < -0.4 is 16.8 Å². The zero-order valence-electron chi connectivity index (χ0n) is 9.05. The summed E-state index contributed by atoms with van der Waals surface area (Å²) < 4.78 is 0. The van der Waals surface area contributed by atoms with Crippen LogP contribution >= 0.6 is 0 Å². The highest BCUT2D eigenvalue weighted by Gasteiger charge is 2.21. The molecule has 0 radical (unpaired) electrons. The lowest BCUT2D eigenvalue weighted by Crippen LogP contribution is -2.50. The van der Waals surface area contributed by atoms with Gasteiger partial charge in [0.05, 0.1) is 12.1 Å². The van der Waals surface area contributed by atoms with Crippen molar-refractivity contribution in [2.45, 2.75) is 38.0 Å². The maximum Gasteiger partial charge on any atom is 0.240 e. The largest absolute Gasteiger partial charge is 0.391 e. The summed E-state index contributed by atoms with van der Waals surface area (Å²) in [6.07, 6.45) is -0.399. The van der Waals surface area contributed by atoms with E-state index in [4.69, 9.17) is 16.6 Å². The lowest BCUT2D eigenvalue weighted by Gasteiger charge is -2.17. The van der Waals surface area contributed by atoms with Crippen LogP contribution in [0.15, 0.2) is 0 Å². The van der Waals surface area contributed by atoms with E-state index in [-0.39, 0.29) is 12.8 Å². The van der Waals surface area contributed by atoms with Gasteiger partial charge in [0.25, 0.3) is 0 Å². The molecule has 0 aliphatic rings. The first kappa shape index (κ1) is 14.5. The summed E-state index contributed by atoms with van der Waals surface area (Å²) in [5.74, 6) is -1.20. The number of carbonyl (C=O) groups is 3. The molecule has 3 atom stereocenters. The first-order chi connectivity index (χ1) is 7.38. The summed E-state index contributed by atoms with van der Waals surface area (Å²) in [6, 6.07) is -1.92. The van der Waals surface area contributed by atoms with Gasteiger partial charge in [0, 0.05) is 6.42 Å². The SMILES string of the molecule is CC(O)[C@@H](N)C(=O)N[C@@H](C=O)CCC(N)=O. The average Bonchev–Trinajstić information content (AvgIpc) is 2.22. The molecule has 7 nitrogen and oxygen atoms in total. The van der Waals surface area contributed by atoms with Gasteiger partial charge in [-0.15, -0.1) is 0 Å². The lowest BCUT2D eigenvalue weighted by atomic mass is 10.1. The molecule has 0 fully saturated rings. The Morgan fingerprint density at radius 1 is 1.50 bits per heavy atom. The number of amides is 2. The van der Waals surface area contributed by atoms with Gasteiger partial charge in [-0.2, -0.15) is 0 Å². The Labute approximate surface area is 93.2 Å². The fourth-order valence-electron chi connectivity index (χ4n) is 0.970. The monoisotopic (exact) mass is 231 g/mol. The Morgan fingerprint density at radius 2 is 2.06 bits per heavy atom. The van der Waals surface area contributed by atoms with Gasteiger partial charge < -0.3 is 26.7 Å². The van der Waals surface area contributed by atoms with Crippen LogP contribution in [0.5, 0.6) is 0 Å². The van der Waals surface area contributed by atoms with Gasteiger partial charge >= 0.3 is 0 Å². The van der Waals surface area contributed by atoms with Gasteiger partial charge in [-0.05, 0) is 13.3 Å². The third kappa shape index (κ3) is 5.42. The first-order valence-electron chi connectivity index (χ1n) is 4.86. The number of primary amides is 1. The quantitative estimate of drug-likeness (QED) is 0.363. The molecule has 0 heterocycles. The average molecular weight is 231 g/mol. The van der Waals surface area contributed by atoms with Crippen LogP contribution in [0.2, 0.25) is 0 Å². The molecule has 0 aromatic heterocycles. The van der Waals surface area contributed by atoms with Gasteiger partial charge in [0.2, 0.25) is 11.8 Å². The Balaban J connectivity index is 4.16. The summed E-state index contributed by atoms with van der Waals surface area (Å²) in [5, 5.41) is 11.4. The lowest BCUT2D eigenvalue weighted by molar-refractivity contribution is -0.127. The normalized spacial score (nSPS) is 15.9. The highest BCUT2D eigenvalue weighted by molar-refractivity contribution is 5.85. The Bertz CT molecular complexity index is 267. The van der Waals surface area contributed by atoms with Crippen molar-refractivity contribution in [2.24, 2.45) is 11.5 Å². The molecule has 16 heavy (non-hydrogen) atoms. The van der Waals surface area contributed by atoms with Crippen LogP contribution in [0.4, 0.5) is 0 Å². The molecule has 0 aromatic rings. The number of aliphatic hydroxyl groups excluding tert-OH is 1. The van der Waals surface area contributed by atoms with Gasteiger partial charge in [0.15, 0.2) is 0 Å². The van der Waals surface area contributed by atoms with Crippen molar-refractivity contribution >= 4 is 18.1 Å². The maximum absolute atomic E-state index is 11.3. The van der Waals surface area contributed by atoms with Crippen LogP contribution in [-0.2, 0) is 14.4 Å². The minimum absolute atomic E-state index is 0.00635. The van der Waals surface area contributed by atoms with E-state index in [0.29, 0.717) is 6.29 Å². The molecule has 0 saturated heterocycles. The highest BCUT2D eigenvalue weighted by atomic mass is 16.3. The second-order valence-corrected chi connectivity index (χ2v) is 3.52. The third-order valence-electron chi connectivity index (χ3n) is 2.02. The second-order valence-electron chi connectivity index (χ2n) is 3.52. The van der Waals surface area contributed by atoms with Gasteiger partial charge in [-0.1, -0.05) is 0 Å². The summed E-state index contributed by atoms with van der Waals surface area (Å²) in [4.78, 5) is 32.4. The van der Waals surface area contributed by atoms with E-state index < -0.39 is 30.0 Å². The summed E-state index contributed by atoms with van der Waals surface area (Å²) in [5.41, 5.74) is 10.3. The van der Waals surface area contributed by atoms with Crippen molar-refractivity contribution in [1.82, 2.24) is 5.32 Å². The molecule has 1 unspecified atom stereocenters. The van der Waals surface area contributed by atoms with Crippen LogP contribution in [0, 0.1) is 0 Å². The number of aliphatic hydroxyl groups is 1. The van der Waals surface area contributed by atoms with Crippen LogP contribution in [-0.4, -0.2) is 41.4 Å². The fraction of sp³-hybridized carbons (Fsp3) is 0.667. The van der Waals surface area contributed by atoms with Gasteiger partial charge in [0.1, 0.15) is 12.3 Å². The standard InChI is InChI=1S/C9H17N3O4/c1-5(14)8(11)9(16)12-6(4-13)2-3-7(10)15/h4-6,8,14H,2-3,11H2,1H3,(H2,10,15)(H,12,16)/t5?,6-,8-/m1/s1. The van der Waals surface area contributed by atoms with Crippen LogP contribution in [0.3, 0.4) is 0 Å². The van der Waals surface area contributed by atoms with Crippen molar-refractivity contribution in [1.29, 1.82) is 0 Å². The van der Waals surface area contributed by atoms with E-state index in [1.165, 1.54) is 6.92 Å². The Hall–Kier alpha value is -1.47. The number of carbonyl (C=O) groups excluding carboxylic acids is 3. The molecule has 0 aromatic carbocycles. The van der Waals surface area contributed by atoms with Crippen LogP contribution in [0.1, 0.15) is 19.8 Å². The zero-order valence-corrected chi connectivity index (χ0v) is 9.05. The van der Waals surface area contributed by atoms with Crippen molar-refractivity contribution in [3.63, 3.8) is 0 Å². The summed E-state index contributed by atoms with van der Waals surface area (Å²) in [6.45, 7) is 1.36. The Kier molecular flexibility index (Phi) is 6.28. The predicted octanol–water partition coefficient (Wildman–Crippen LogP) is -2.36. The zero-order chi connectivity index (χ0) is 12.7. The van der Waals surface area contributed by atoms with Crippen LogP contribution in [0.25, 0.3) is 0 Å². The van der Waals surface area contributed by atoms with Crippen molar-refractivity contribution in [3.8, 4) is 0 Å². The van der Waals surface area contributed by atoms with E-state index in [9.17, 15) is 14.4 Å². The number of nitrogens with one attached hydrogen (secondary N) is 1. The molecule has 0 aliphatic carbocycles. The van der Waals surface area contributed by atoms with E-state index in [1.807, 2.05) is 0 Å². The van der Waals surface area contributed by atoms with Crippen molar-refractivity contribution < 1.29 is 19.5 Å². The number of aldehydes is 1. The summed E-state index contributed by atoms with van der Waals surface area (Å²) in [7, 11) is 0. The molecule has 92 valence electrons. The molecule has 0 aliphatic heterocycles. The topological polar surface area (TPSA) is 136 Å². The minimum Gasteiger partial charge on any atom is -0.391 e. The summed E-state index contributed by atoms with van der Waals surface area (Å²) >= 11 is 0. The van der Waals surface area contributed by atoms with Gasteiger partial charge in [-0.3, -0.25) is 9.59 Å². The molecular formula is C9H17N3O4. The molecular weight excluding hydrogens is 214 g/mol. The maximum atomic E-state index is 11.3. The smallest absolute Gasteiger partial charge is 0.240 e. The predicted molar refractivity (Wildman–Crippen MR) is 56.1 cm³/mol. The van der Waals surface area contributed by atoms with E-state index in [0.717, 1.165) is 0 Å². The molecule has 2 amide bonds. The first-order valence-corrected chi connectivity index (χ1v) is 4.86. The molecule has 0 rings (SSSR count). The van der Waals surface area contributed by atoms with Crippen molar-refractivity contribution in [3.05, 3.63) is 0 Å².